The standard InChI is InChI=1S/C11H16ClNS/c1-8(2)14-7-11(13)9-5-3-4-6-10(9)12/h3-6,8,11H,7,13H2,1-2H3. The molecule has 2 N–H and O–H groups in total. The molecule has 0 radical (unpaired) electrons. The molecule has 14 heavy (non-hydrogen) atoms. The van der Waals surface area contributed by atoms with E-state index in [1.807, 2.05) is 36.0 Å². The third-order valence-corrected chi connectivity index (χ3v) is 3.48. The van der Waals surface area contributed by atoms with Crippen LogP contribution in [0.25, 0.3) is 0 Å². The van der Waals surface area contributed by atoms with Crippen molar-refractivity contribution in [2.45, 2.75) is 25.1 Å². The summed E-state index contributed by atoms with van der Waals surface area (Å²) in [4.78, 5) is 0. The van der Waals surface area contributed by atoms with Gasteiger partial charge in [-0.3, -0.25) is 0 Å². The molecule has 1 aromatic carbocycles. The van der Waals surface area contributed by atoms with E-state index in [1.54, 1.807) is 0 Å². The van der Waals surface area contributed by atoms with Crippen LogP contribution in [0.3, 0.4) is 0 Å². The Labute approximate surface area is 95.0 Å². The highest BCUT2D eigenvalue weighted by atomic mass is 35.5. The lowest BCUT2D eigenvalue weighted by atomic mass is 10.1. The summed E-state index contributed by atoms with van der Waals surface area (Å²) in [6.45, 7) is 4.34. The molecule has 1 rings (SSSR count). The van der Waals surface area contributed by atoms with Crippen LogP contribution in [0, 0.1) is 0 Å². The number of benzene rings is 1. The zero-order valence-corrected chi connectivity index (χ0v) is 10.1. The second-order valence-corrected chi connectivity index (χ2v) is 5.53. The summed E-state index contributed by atoms with van der Waals surface area (Å²) in [7, 11) is 0. The maximum Gasteiger partial charge on any atom is 0.0454 e. The Kier molecular flexibility index (Phi) is 4.79. The Morgan fingerprint density at radius 1 is 1.36 bits per heavy atom. The third kappa shape index (κ3) is 3.52. The van der Waals surface area contributed by atoms with Gasteiger partial charge >= 0.3 is 0 Å². The highest BCUT2D eigenvalue weighted by Crippen LogP contribution is 2.24. The van der Waals surface area contributed by atoms with Gasteiger partial charge in [0.1, 0.15) is 0 Å². The minimum Gasteiger partial charge on any atom is -0.323 e. The zero-order chi connectivity index (χ0) is 10.6. The van der Waals surface area contributed by atoms with Gasteiger partial charge in [0.25, 0.3) is 0 Å². The van der Waals surface area contributed by atoms with Crippen molar-refractivity contribution in [3.05, 3.63) is 34.9 Å². The first-order chi connectivity index (χ1) is 6.61. The summed E-state index contributed by atoms with van der Waals surface area (Å²) in [6.07, 6.45) is 0. The number of rotatable bonds is 4. The number of halogens is 1. The summed E-state index contributed by atoms with van der Waals surface area (Å²) in [5, 5.41) is 1.38. The summed E-state index contributed by atoms with van der Waals surface area (Å²) in [5.41, 5.74) is 7.08. The van der Waals surface area contributed by atoms with E-state index in [1.165, 1.54) is 0 Å². The predicted molar refractivity (Wildman–Crippen MR) is 66.0 cm³/mol. The number of hydrogen-bond acceptors (Lipinski definition) is 2. The molecule has 0 aliphatic heterocycles. The topological polar surface area (TPSA) is 26.0 Å². The Morgan fingerprint density at radius 3 is 2.57 bits per heavy atom. The molecule has 0 aromatic heterocycles. The second-order valence-electron chi connectivity index (χ2n) is 3.51. The van der Waals surface area contributed by atoms with Crippen molar-refractivity contribution in [2.75, 3.05) is 5.75 Å². The molecule has 0 amide bonds. The molecule has 1 atom stereocenters. The van der Waals surface area contributed by atoms with Gasteiger partial charge in [-0.25, -0.2) is 0 Å². The van der Waals surface area contributed by atoms with Crippen molar-refractivity contribution in [1.29, 1.82) is 0 Å². The van der Waals surface area contributed by atoms with Gasteiger partial charge in [-0.15, -0.1) is 0 Å². The Bertz CT molecular complexity index is 288. The maximum atomic E-state index is 6.05. The van der Waals surface area contributed by atoms with Crippen LogP contribution in [0.2, 0.25) is 5.02 Å². The van der Waals surface area contributed by atoms with Gasteiger partial charge in [0.05, 0.1) is 0 Å². The first kappa shape index (κ1) is 11.9. The van der Waals surface area contributed by atoms with Crippen molar-refractivity contribution in [2.24, 2.45) is 5.73 Å². The number of nitrogens with two attached hydrogens (primary N) is 1. The molecule has 1 aromatic rings. The van der Waals surface area contributed by atoms with E-state index in [4.69, 9.17) is 17.3 Å². The van der Waals surface area contributed by atoms with Gasteiger partial charge in [-0.1, -0.05) is 43.6 Å². The van der Waals surface area contributed by atoms with E-state index in [9.17, 15) is 0 Å². The molecule has 0 bridgehead atoms. The van der Waals surface area contributed by atoms with Crippen molar-refractivity contribution in [3.63, 3.8) is 0 Å². The number of hydrogen-bond donors (Lipinski definition) is 1. The van der Waals surface area contributed by atoms with Crippen LogP contribution in [-0.4, -0.2) is 11.0 Å². The van der Waals surface area contributed by atoms with Crippen molar-refractivity contribution < 1.29 is 0 Å². The molecule has 0 fully saturated rings. The SMILES string of the molecule is CC(C)SCC(N)c1ccccc1Cl. The Balaban J connectivity index is 2.60. The summed E-state index contributed by atoms with van der Waals surface area (Å²) >= 11 is 7.90. The fourth-order valence-electron chi connectivity index (χ4n) is 1.16. The first-order valence-electron chi connectivity index (χ1n) is 4.73. The molecule has 3 heteroatoms. The molecular formula is C11H16ClNS. The van der Waals surface area contributed by atoms with E-state index in [2.05, 4.69) is 13.8 Å². The highest BCUT2D eigenvalue weighted by Gasteiger charge is 2.09. The minimum absolute atomic E-state index is 0.0381. The molecule has 1 nitrogen and oxygen atoms in total. The quantitative estimate of drug-likeness (QED) is 0.856. The highest BCUT2D eigenvalue weighted by molar-refractivity contribution is 7.99. The summed E-state index contributed by atoms with van der Waals surface area (Å²) in [6, 6.07) is 7.82. The molecule has 0 spiro atoms. The molecule has 0 saturated heterocycles. The van der Waals surface area contributed by atoms with E-state index in [0.717, 1.165) is 16.3 Å². The average Bonchev–Trinajstić information content (AvgIpc) is 2.15. The number of thioether (sulfide) groups is 1. The first-order valence-corrected chi connectivity index (χ1v) is 6.15. The predicted octanol–water partition coefficient (Wildman–Crippen LogP) is 3.48. The third-order valence-electron chi connectivity index (χ3n) is 1.91. The van der Waals surface area contributed by atoms with Crippen LogP contribution < -0.4 is 5.73 Å². The van der Waals surface area contributed by atoms with Gasteiger partial charge in [-0.05, 0) is 16.9 Å². The minimum atomic E-state index is 0.0381. The van der Waals surface area contributed by atoms with Crippen LogP contribution in [0.1, 0.15) is 25.5 Å². The van der Waals surface area contributed by atoms with Crippen LogP contribution >= 0.6 is 23.4 Å². The second kappa shape index (κ2) is 5.64. The molecule has 78 valence electrons. The van der Waals surface area contributed by atoms with Crippen LogP contribution in [0.15, 0.2) is 24.3 Å². The van der Waals surface area contributed by atoms with E-state index >= 15 is 0 Å². The van der Waals surface area contributed by atoms with E-state index < -0.39 is 0 Å². The van der Waals surface area contributed by atoms with Gasteiger partial charge in [0.2, 0.25) is 0 Å². The van der Waals surface area contributed by atoms with Crippen LogP contribution in [0.5, 0.6) is 0 Å². The van der Waals surface area contributed by atoms with Crippen molar-refractivity contribution in [1.82, 2.24) is 0 Å². The Hall–Kier alpha value is -0.180. The van der Waals surface area contributed by atoms with E-state index in [0.29, 0.717) is 5.25 Å². The summed E-state index contributed by atoms with van der Waals surface area (Å²) in [5.74, 6) is 0.918. The lowest BCUT2D eigenvalue weighted by molar-refractivity contribution is 0.829. The summed E-state index contributed by atoms with van der Waals surface area (Å²) < 4.78 is 0. The maximum absolute atomic E-state index is 6.05. The fraction of sp³-hybridized carbons (Fsp3) is 0.455. The molecule has 0 aliphatic rings. The van der Waals surface area contributed by atoms with Crippen LogP contribution in [-0.2, 0) is 0 Å². The van der Waals surface area contributed by atoms with Crippen molar-refractivity contribution in [3.8, 4) is 0 Å². The molecule has 0 aliphatic carbocycles. The monoisotopic (exact) mass is 229 g/mol. The lowest BCUT2D eigenvalue weighted by Gasteiger charge is -2.14. The molecule has 1 unspecified atom stereocenters. The van der Waals surface area contributed by atoms with Gasteiger partial charge in [-0.2, -0.15) is 11.8 Å². The van der Waals surface area contributed by atoms with Gasteiger partial charge in [0, 0.05) is 16.8 Å². The fourth-order valence-corrected chi connectivity index (χ4v) is 2.21. The van der Waals surface area contributed by atoms with Crippen molar-refractivity contribution >= 4 is 23.4 Å². The largest absolute Gasteiger partial charge is 0.323 e. The van der Waals surface area contributed by atoms with Gasteiger partial charge < -0.3 is 5.73 Å². The zero-order valence-electron chi connectivity index (χ0n) is 8.53. The Morgan fingerprint density at radius 2 is 2.00 bits per heavy atom. The molecule has 0 heterocycles. The van der Waals surface area contributed by atoms with Gasteiger partial charge in [0.15, 0.2) is 0 Å². The molecule has 0 saturated carbocycles. The smallest absolute Gasteiger partial charge is 0.0454 e. The molecular weight excluding hydrogens is 214 g/mol. The van der Waals surface area contributed by atoms with Crippen LogP contribution in [0.4, 0.5) is 0 Å². The average molecular weight is 230 g/mol. The normalized spacial score (nSPS) is 13.2. The lowest BCUT2D eigenvalue weighted by Crippen LogP contribution is -2.14. The van der Waals surface area contributed by atoms with E-state index in [-0.39, 0.29) is 6.04 Å².